The summed E-state index contributed by atoms with van der Waals surface area (Å²) in [5, 5.41) is 4.68. The number of halogens is 1. The standard InChI is InChI=1S/C17H20ClN3O3S/c1-4-20(5-2)16(23)13-7-6-12(8-14(13)18)19-15(22)9-21-11(3)10-25-17(21)24/h6-8,10H,4-5,9H2,1-3H3,(H,19,22). The van der Waals surface area contributed by atoms with Gasteiger partial charge in [0, 0.05) is 29.9 Å². The topological polar surface area (TPSA) is 71.4 Å². The van der Waals surface area contributed by atoms with Gasteiger partial charge in [0.1, 0.15) is 6.54 Å². The van der Waals surface area contributed by atoms with E-state index in [4.69, 9.17) is 11.6 Å². The van der Waals surface area contributed by atoms with E-state index in [1.165, 1.54) is 4.57 Å². The molecule has 8 heteroatoms. The molecule has 0 fully saturated rings. The van der Waals surface area contributed by atoms with Crippen molar-refractivity contribution in [3.05, 3.63) is 49.5 Å². The number of benzene rings is 1. The molecule has 0 radical (unpaired) electrons. The number of rotatable bonds is 6. The van der Waals surface area contributed by atoms with Gasteiger partial charge >= 0.3 is 4.87 Å². The summed E-state index contributed by atoms with van der Waals surface area (Å²) in [6.45, 7) is 6.70. The van der Waals surface area contributed by atoms with Crippen LogP contribution in [-0.2, 0) is 11.3 Å². The maximum atomic E-state index is 12.4. The smallest absolute Gasteiger partial charge is 0.307 e. The van der Waals surface area contributed by atoms with Crippen molar-refractivity contribution in [2.24, 2.45) is 0 Å². The molecule has 0 spiro atoms. The SMILES string of the molecule is CCN(CC)C(=O)c1ccc(NC(=O)Cn2c(C)csc2=O)cc1Cl. The van der Waals surface area contributed by atoms with Crippen molar-refractivity contribution in [2.45, 2.75) is 27.3 Å². The minimum absolute atomic E-state index is 0.0636. The number of carbonyl (C=O) groups is 2. The molecule has 6 nitrogen and oxygen atoms in total. The molecule has 2 amide bonds. The lowest BCUT2D eigenvalue weighted by Gasteiger charge is -2.19. The molecule has 1 aromatic carbocycles. The van der Waals surface area contributed by atoms with E-state index in [9.17, 15) is 14.4 Å². The Hall–Kier alpha value is -2.12. The zero-order valence-electron chi connectivity index (χ0n) is 14.3. The molecule has 0 unspecified atom stereocenters. The summed E-state index contributed by atoms with van der Waals surface area (Å²) in [5.74, 6) is -0.476. The molecule has 0 saturated heterocycles. The molecular formula is C17H20ClN3O3S. The molecule has 0 aliphatic carbocycles. The fraction of sp³-hybridized carbons (Fsp3) is 0.353. The molecule has 1 N–H and O–H groups in total. The van der Waals surface area contributed by atoms with E-state index in [0.29, 0.717) is 24.3 Å². The number of nitrogens with zero attached hydrogens (tertiary/aromatic N) is 2. The maximum absolute atomic E-state index is 12.4. The highest BCUT2D eigenvalue weighted by Gasteiger charge is 2.16. The Labute approximate surface area is 155 Å². The summed E-state index contributed by atoms with van der Waals surface area (Å²) < 4.78 is 1.40. The first kappa shape index (κ1) is 19.2. The van der Waals surface area contributed by atoms with Crippen LogP contribution in [0.1, 0.15) is 29.9 Å². The normalized spacial score (nSPS) is 10.6. The lowest BCUT2D eigenvalue weighted by atomic mass is 10.1. The summed E-state index contributed by atoms with van der Waals surface area (Å²) in [5.41, 5.74) is 1.61. The third-order valence-corrected chi connectivity index (χ3v) is 5.01. The molecular weight excluding hydrogens is 362 g/mol. The first-order valence-corrected chi connectivity index (χ1v) is 9.16. The van der Waals surface area contributed by atoms with Crippen molar-refractivity contribution in [1.82, 2.24) is 9.47 Å². The number of anilines is 1. The predicted octanol–water partition coefficient (Wildman–Crippen LogP) is 2.99. The number of thiazole rings is 1. The van der Waals surface area contributed by atoms with Crippen LogP contribution in [0.3, 0.4) is 0 Å². The van der Waals surface area contributed by atoms with Crippen LogP contribution < -0.4 is 10.2 Å². The molecule has 1 heterocycles. The zero-order chi connectivity index (χ0) is 18.6. The van der Waals surface area contributed by atoms with Crippen LogP contribution in [-0.4, -0.2) is 34.4 Å². The van der Waals surface area contributed by atoms with Gasteiger partial charge in [0.25, 0.3) is 5.91 Å². The Kier molecular flexibility index (Phi) is 6.39. The van der Waals surface area contributed by atoms with Gasteiger partial charge in [-0.05, 0) is 39.0 Å². The van der Waals surface area contributed by atoms with E-state index < -0.39 is 0 Å². The first-order valence-electron chi connectivity index (χ1n) is 7.91. The minimum Gasteiger partial charge on any atom is -0.339 e. The molecule has 2 rings (SSSR count). The Morgan fingerprint density at radius 1 is 1.28 bits per heavy atom. The summed E-state index contributed by atoms with van der Waals surface area (Å²) in [6.07, 6.45) is 0. The summed E-state index contributed by atoms with van der Waals surface area (Å²) in [6, 6.07) is 4.77. The van der Waals surface area contributed by atoms with Gasteiger partial charge in [0.05, 0.1) is 10.6 Å². The van der Waals surface area contributed by atoms with Crippen molar-refractivity contribution in [1.29, 1.82) is 0 Å². The van der Waals surface area contributed by atoms with Crippen molar-refractivity contribution >= 4 is 40.4 Å². The molecule has 0 aliphatic heterocycles. The first-order chi connectivity index (χ1) is 11.9. The minimum atomic E-state index is -0.331. The predicted molar refractivity (Wildman–Crippen MR) is 101 cm³/mol. The molecule has 1 aromatic heterocycles. The highest BCUT2D eigenvalue weighted by atomic mass is 35.5. The summed E-state index contributed by atoms with van der Waals surface area (Å²) in [4.78, 5) is 37.7. The molecule has 0 aliphatic rings. The lowest BCUT2D eigenvalue weighted by molar-refractivity contribution is -0.116. The van der Waals surface area contributed by atoms with Crippen molar-refractivity contribution in [3.63, 3.8) is 0 Å². The fourth-order valence-corrected chi connectivity index (χ4v) is 3.38. The van der Waals surface area contributed by atoms with Gasteiger partial charge in [-0.3, -0.25) is 19.0 Å². The van der Waals surface area contributed by atoms with Gasteiger partial charge < -0.3 is 10.2 Å². The van der Waals surface area contributed by atoms with Crippen LogP contribution in [0.2, 0.25) is 5.02 Å². The van der Waals surface area contributed by atoms with Gasteiger partial charge in [-0.2, -0.15) is 0 Å². The van der Waals surface area contributed by atoms with Crippen molar-refractivity contribution in [2.75, 3.05) is 18.4 Å². The van der Waals surface area contributed by atoms with Crippen LogP contribution >= 0.6 is 22.9 Å². The van der Waals surface area contributed by atoms with Gasteiger partial charge in [0.2, 0.25) is 5.91 Å². The Balaban J connectivity index is 2.11. The van der Waals surface area contributed by atoms with E-state index in [0.717, 1.165) is 17.0 Å². The average Bonchev–Trinajstić information content (AvgIpc) is 2.88. The van der Waals surface area contributed by atoms with Gasteiger partial charge in [-0.1, -0.05) is 22.9 Å². The number of aryl methyl sites for hydroxylation is 1. The fourth-order valence-electron chi connectivity index (χ4n) is 2.39. The Morgan fingerprint density at radius 3 is 2.48 bits per heavy atom. The van der Waals surface area contributed by atoms with Crippen LogP contribution in [0.25, 0.3) is 0 Å². The molecule has 0 bridgehead atoms. The van der Waals surface area contributed by atoms with Gasteiger partial charge in [-0.25, -0.2) is 0 Å². The second kappa shape index (κ2) is 8.31. The second-order valence-corrected chi connectivity index (χ2v) is 6.68. The molecule has 0 saturated carbocycles. The number of nitrogens with one attached hydrogen (secondary N) is 1. The maximum Gasteiger partial charge on any atom is 0.307 e. The van der Waals surface area contributed by atoms with Crippen LogP contribution in [0.15, 0.2) is 28.4 Å². The molecule has 134 valence electrons. The Bertz CT molecular complexity index is 840. The molecule has 25 heavy (non-hydrogen) atoms. The van der Waals surface area contributed by atoms with E-state index >= 15 is 0 Å². The number of amides is 2. The average molecular weight is 382 g/mol. The number of carbonyl (C=O) groups excluding carboxylic acids is 2. The van der Waals surface area contributed by atoms with Gasteiger partial charge in [-0.15, -0.1) is 0 Å². The van der Waals surface area contributed by atoms with Crippen LogP contribution in [0, 0.1) is 6.92 Å². The van der Waals surface area contributed by atoms with Crippen molar-refractivity contribution < 1.29 is 9.59 Å². The number of aromatic nitrogens is 1. The Morgan fingerprint density at radius 2 is 1.96 bits per heavy atom. The molecule has 0 atom stereocenters. The van der Waals surface area contributed by atoms with Crippen LogP contribution in [0.5, 0.6) is 0 Å². The van der Waals surface area contributed by atoms with Crippen LogP contribution in [0.4, 0.5) is 5.69 Å². The van der Waals surface area contributed by atoms with E-state index in [2.05, 4.69) is 5.32 Å². The third-order valence-electron chi connectivity index (χ3n) is 3.81. The number of hydrogen-bond acceptors (Lipinski definition) is 4. The highest BCUT2D eigenvalue weighted by molar-refractivity contribution is 7.07. The molecule has 2 aromatic rings. The van der Waals surface area contributed by atoms with Crippen molar-refractivity contribution in [3.8, 4) is 0 Å². The van der Waals surface area contributed by atoms with E-state index in [1.54, 1.807) is 35.4 Å². The van der Waals surface area contributed by atoms with E-state index in [1.807, 2.05) is 13.8 Å². The van der Waals surface area contributed by atoms with E-state index in [-0.39, 0.29) is 28.3 Å². The summed E-state index contributed by atoms with van der Waals surface area (Å²) in [7, 11) is 0. The summed E-state index contributed by atoms with van der Waals surface area (Å²) >= 11 is 7.26. The second-order valence-electron chi connectivity index (χ2n) is 5.45. The largest absolute Gasteiger partial charge is 0.339 e. The number of hydrogen-bond donors (Lipinski definition) is 1. The zero-order valence-corrected chi connectivity index (χ0v) is 15.9. The third kappa shape index (κ3) is 4.49. The highest BCUT2D eigenvalue weighted by Crippen LogP contribution is 2.22. The van der Waals surface area contributed by atoms with Gasteiger partial charge in [0.15, 0.2) is 0 Å². The monoisotopic (exact) mass is 381 g/mol. The quantitative estimate of drug-likeness (QED) is 0.836. The lowest BCUT2D eigenvalue weighted by Crippen LogP contribution is -2.30.